The maximum Gasteiger partial charge on any atom is 0.132 e. The number of hydrogen-bond donors (Lipinski definition) is 1. The Morgan fingerprint density at radius 1 is 1.14 bits per heavy atom. The van der Waals surface area contributed by atoms with E-state index in [1.165, 1.54) is 19.3 Å². The third-order valence-corrected chi connectivity index (χ3v) is 3.17. The first-order chi connectivity index (χ1) is 6.83. The summed E-state index contributed by atoms with van der Waals surface area (Å²) in [6.45, 7) is 0.323. The Labute approximate surface area is 86.7 Å². The molecule has 0 aromatic rings. The van der Waals surface area contributed by atoms with E-state index in [-0.39, 0.29) is 0 Å². The van der Waals surface area contributed by atoms with E-state index in [9.17, 15) is 4.79 Å². The summed E-state index contributed by atoms with van der Waals surface area (Å²) in [5, 5.41) is 8.64. The van der Waals surface area contributed by atoms with Crippen LogP contribution in [0.1, 0.15) is 57.8 Å². The lowest BCUT2D eigenvalue weighted by molar-refractivity contribution is -0.118. The van der Waals surface area contributed by atoms with Gasteiger partial charge in [-0.3, -0.25) is 4.79 Å². The Balaban J connectivity index is 2.08. The molecule has 0 aromatic carbocycles. The van der Waals surface area contributed by atoms with Crippen LogP contribution in [0.15, 0.2) is 0 Å². The molecule has 1 aliphatic carbocycles. The van der Waals surface area contributed by atoms with E-state index in [4.69, 9.17) is 5.11 Å². The van der Waals surface area contributed by atoms with Gasteiger partial charge >= 0.3 is 0 Å². The number of unbranched alkanes of at least 4 members (excludes halogenated alkanes) is 2. The fraction of sp³-hybridized carbons (Fsp3) is 0.917. The Hall–Kier alpha value is -0.370. The first-order valence-electron chi connectivity index (χ1n) is 5.95. The molecule has 1 fully saturated rings. The number of Topliss-reactive ketones (excluding diaryl/α,β-unsaturated/α-hetero) is 1. The molecular weight excluding hydrogens is 176 g/mol. The van der Waals surface area contributed by atoms with Gasteiger partial charge in [-0.05, 0) is 25.2 Å². The van der Waals surface area contributed by atoms with Gasteiger partial charge in [-0.2, -0.15) is 0 Å². The minimum absolute atomic E-state index is 0.323. The highest BCUT2D eigenvalue weighted by Crippen LogP contribution is 2.25. The molecule has 0 aliphatic heterocycles. The smallest absolute Gasteiger partial charge is 0.132 e. The van der Waals surface area contributed by atoms with Crippen LogP contribution in [-0.2, 0) is 4.79 Å². The monoisotopic (exact) mass is 198 g/mol. The van der Waals surface area contributed by atoms with Crippen molar-refractivity contribution in [2.45, 2.75) is 57.8 Å². The average molecular weight is 198 g/mol. The third kappa shape index (κ3) is 4.75. The lowest BCUT2D eigenvalue weighted by atomic mass is 9.94. The summed E-state index contributed by atoms with van der Waals surface area (Å²) in [5.41, 5.74) is 0. The van der Waals surface area contributed by atoms with Crippen LogP contribution in [0.2, 0.25) is 0 Å². The number of hydrogen-bond acceptors (Lipinski definition) is 2. The highest BCUT2D eigenvalue weighted by atomic mass is 16.2. The van der Waals surface area contributed by atoms with Crippen LogP contribution in [-0.4, -0.2) is 17.5 Å². The fourth-order valence-electron chi connectivity index (χ4n) is 2.23. The van der Waals surface area contributed by atoms with E-state index in [1.807, 2.05) is 0 Å². The quantitative estimate of drug-likeness (QED) is 0.544. The number of rotatable bonds is 5. The zero-order chi connectivity index (χ0) is 10.2. The molecule has 14 heavy (non-hydrogen) atoms. The molecule has 0 amide bonds. The summed E-state index contributed by atoms with van der Waals surface area (Å²) in [4.78, 5) is 11.2. The predicted octanol–water partition coefficient (Wildman–Crippen LogP) is 2.69. The normalized spacial score (nSPS) is 23.5. The molecule has 82 valence electrons. The van der Waals surface area contributed by atoms with E-state index in [0.29, 0.717) is 12.4 Å². The minimum atomic E-state index is 0.323. The molecule has 0 radical (unpaired) electrons. The summed E-state index contributed by atoms with van der Waals surface area (Å²) in [6, 6.07) is 0. The lowest BCUT2D eigenvalue weighted by Crippen LogP contribution is -1.99. The first kappa shape index (κ1) is 11.7. The molecule has 0 heterocycles. The molecule has 2 nitrogen and oxygen atoms in total. The molecule has 1 aliphatic rings. The highest BCUT2D eigenvalue weighted by Gasteiger charge is 2.15. The molecule has 1 atom stereocenters. The third-order valence-electron chi connectivity index (χ3n) is 3.17. The van der Waals surface area contributed by atoms with E-state index >= 15 is 0 Å². The van der Waals surface area contributed by atoms with E-state index in [2.05, 4.69) is 0 Å². The largest absolute Gasteiger partial charge is 0.396 e. The number of aliphatic hydroxyl groups is 1. The number of aliphatic hydroxyl groups excluding tert-OH is 1. The van der Waals surface area contributed by atoms with Gasteiger partial charge in [0.1, 0.15) is 5.78 Å². The lowest BCUT2D eigenvalue weighted by Gasteiger charge is -2.12. The van der Waals surface area contributed by atoms with Crippen LogP contribution in [0, 0.1) is 5.92 Å². The summed E-state index contributed by atoms with van der Waals surface area (Å²) in [7, 11) is 0. The second-order valence-corrected chi connectivity index (χ2v) is 4.41. The van der Waals surface area contributed by atoms with Crippen molar-refractivity contribution in [3.05, 3.63) is 0 Å². The molecule has 0 spiro atoms. The van der Waals surface area contributed by atoms with Crippen molar-refractivity contribution in [2.75, 3.05) is 6.61 Å². The van der Waals surface area contributed by atoms with Crippen LogP contribution < -0.4 is 0 Å². The summed E-state index contributed by atoms with van der Waals surface area (Å²) >= 11 is 0. The van der Waals surface area contributed by atoms with Gasteiger partial charge in [-0.1, -0.05) is 25.7 Å². The Morgan fingerprint density at radius 2 is 2.00 bits per heavy atom. The van der Waals surface area contributed by atoms with Crippen molar-refractivity contribution in [1.82, 2.24) is 0 Å². The SMILES string of the molecule is O=C1CCCC(CCCCCO)CC1. The first-order valence-corrected chi connectivity index (χ1v) is 5.95. The van der Waals surface area contributed by atoms with Crippen molar-refractivity contribution < 1.29 is 9.90 Å². The summed E-state index contributed by atoms with van der Waals surface area (Å²) in [5.74, 6) is 1.24. The van der Waals surface area contributed by atoms with Crippen molar-refractivity contribution in [3.63, 3.8) is 0 Å². The molecule has 1 unspecified atom stereocenters. The van der Waals surface area contributed by atoms with Gasteiger partial charge in [0.15, 0.2) is 0 Å². The summed E-state index contributed by atoms with van der Waals surface area (Å²) in [6.07, 6.45) is 9.63. The molecule has 1 N–H and O–H groups in total. The van der Waals surface area contributed by atoms with Crippen LogP contribution >= 0.6 is 0 Å². The van der Waals surface area contributed by atoms with E-state index < -0.39 is 0 Å². The molecule has 0 saturated heterocycles. The Bertz CT molecular complexity index is 166. The van der Waals surface area contributed by atoms with Gasteiger partial charge in [0, 0.05) is 19.4 Å². The van der Waals surface area contributed by atoms with Crippen LogP contribution in [0.5, 0.6) is 0 Å². The van der Waals surface area contributed by atoms with Gasteiger partial charge in [0.25, 0.3) is 0 Å². The second kappa shape index (κ2) is 6.99. The van der Waals surface area contributed by atoms with Crippen LogP contribution in [0.3, 0.4) is 0 Å². The van der Waals surface area contributed by atoms with Gasteiger partial charge < -0.3 is 5.11 Å². The molecule has 0 bridgehead atoms. The minimum Gasteiger partial charge on any atom is -0.396 e. The number of carbonyl (C=O) groups excluding carboxylic acids is 1. The van der Waals surface area contributed by atoms with Gasteiger partial charge in [0.05, 0.1) is 0 Å². The molecular formula is C12H22O2. The second-order valence-electron chi connectivity index (χ2n) is 4.41. The fourth-order valence-corrected chi connectivity index (χ4v) is 2.23. The van der Waals surface area contributed by atoms with Gasteiger partial charge in [-0.25, -0.2) is 0 Å². The van der Waals surface area contributed by atoms with Crippen LogP contribution in [0.25, 0.3) is 0 Å². The summed E-state index contributed by atoms with van der Waals surface area (Å²) < 4.78 is 0. The molecule has 1 saturated carbocycles. The number of ketones is 1. The van der Waals surface area contributed by atoms with Crippen molar-refractivity contribution in [1.29, 1.82) is 0 Å². The maximum atomic E-state index is 11.2. The van der Waals surface area contributed by atoms with Crippen molar-refractivity contribution in [3.8, 4) is 0 Å². The maximum absolute atomic E-state index is 11.2. The topological polar surface area (TPSA) is 37.3 Å². The molecule has 0 aromatic heterocycles. The van der Waals surface area contributed by atoms with Gasteiger partial charge in [-0.15, -0.1) is 0 Å². The van der Waals surface area contributed by atoms with Crippen LogP contribution in [0.4, 0.5) is 0 Å². The van der Waals surface area contributed by atoms with Crippen molar-refractivity contribution in [2.24, 2.45) is 5.92 Å². The Kier molecular flexibility index (Phi) is 5.85. The number of carbonyl (C=O) groups is 1. The van der Waals surface area contributed by atoms with Crippen molar-refractivity contribution >= 4 is 5.78 Å². The van der Waals surface area contributed by atoms with E-state index in [1.54, 1.807) is 0 Å². The standard InChI is InChI=1S/C12H22O2/c13-10-3-1-2-5-11-6-4-7-12(14)9-8-11/h11,13H,1-10H2. The Morgan fingerprint density at radius 3 is 2.79 bits per heavy atom. The molecule has 2 heteroatoms. The van der Waals surface area contributed by atoms with Gasteiger partial charge in [0.2, 0.25) is 0 Å². The predicted molar refractivity (Wildman–Crippen MR) is 57.1 cm³/mol. The average Bonchev–Trinajstić information content (AvgIpc) is 2.38. The zero-order valence-corrected chi connectivity index (χ0v) is 9.00. The zero-order valence-electron chi connectivity index (χ0n) is 9.00. The van der Waals surface area contributed by atoms with E-state index in [0.717, 1.165) is 44.4 Å². The molecule has 1 rings (SSSR count). The highest BCUT2D eigenvalue weighted by molar-refractivity contribution is 5.78.